The molecule has 0 fully saturated rings. The molecule has 2 aromatic rings. The van der Waals surface area contributed by atoms with Crippen LogP contribution in [0.3, 0.4) is 0 Å². The van der Waals surface area contributed by atoms with Crippen molar-refractivity contribution in [3.63, 3.8) is 0 Å². The maximum atomic E-state index is 4.38. The molecule has 0 amide bonds. The SMILES string of the molecule is CNC(c1cnn2ccccc12)C(C)(C)C. The fraction of sp³-hybridized carbons (Fsp3) is 0.462. The highest BCUT2D eigenvalue weighted by atomic mass is 15.2. The minimum absolute atomic E-state index is 0.175. The highest BCUT2D eigenvalue weighted by Gasteiger charge is 2.27. The van der Waals surface area contributed by atoms with E-state index in [1.165, 1.54) is 11.1 Å². The first-order valence-corrected chi connectivity index (χ1v) is 5.63. The Labute approximate surface area is 96.5 Å². The molecule has 1 atom stereocenters. The third-order valence-electron chi connectivity index (χ3n) is 2.92. The molecule has 0 saturated heterocycles. The van der Waals surface area contributed by atoms with E-state index in [1.807, 2.05) is 30.0 Å². The van der Waals surface area contributed by atoms with Crippen LogP contribution in [0.4, 0.5) is 0 Å². The zero-order chi connectivity index (χ0) is 11.8. The van der Waals surface area contributed by atoms with Gasteiger partial charge < -0.3 is 5.32 Å². The van der Waals surface area contributed by atoms with Gasteiger partial charge in [0.2, 0.25) is 0 Å². The van der Waals surface area contributed by atoms with Gasteiger partial charge in [-0.15, -0.1) is 0 Å². The van der Waals surface area contributed by atoms with Crippen molar-refractivity contribution in [2.75, 3.05) is 7.05 Å². The van der Waals surface area contributed by atoms with E-state index in [9.17, 15) is 0 Å². The molecule has 0 bridgehead atoms. The lowest BCUT2D eigenvalue weighted by Gasteiger charge is -2.29. The molecular weight excluding hydrogens is 198 g/mol. The van der Waals surface area contributed by atoms with Crippen LogP contribution in [-0.2, 0) is 0 Å². The van der Waals surface area contributed by atoms with E-state index in [0.717, 1.165) is 0 Å². The largest absolute Gasteiger partial charge is 0.312 e. The van der Waals surface area contributed by atoms with Crippen molar-refractivity contribution in [3.05, 3.63) is 36.2 Å². The van der Waals surface area contributed by atoms with Crippen LogP contribution in [0.2, 0.25) is 0 Å². The van der Waals surface area contributed by atoms with Crippen LogP contribution in [-0.4, -0.2) is 16.7 Å². The summed E-state index contributed by atoms with van der Waals surface area (Å²) in [5.74, 6) is 0. The molecule has 1 unspecified atom stereocenters. The first-order valence-electron chi connectivity index (χ1n) is 5.63. The summed E-state index contributed by atoms with van der Waals surface area (Å²) >= 11 is 0. The van der Waals surface area contributed by atoms with Crippen molar-refractivity contribution in [1.29, 1.82) is 0 Å². The molecule has 3 nitrogen and oxygen atoms in total. The zero-order valence-electron chi connectivity index (χ0n) is 10.4. The zero-order valence-corrected chi connectivity index (χ0v) is 10.4. The van der Waals surface area contributed by atoms with Crippen molar-refractivity contribution in [3.8, 4) is 0 Å². The van der Waals surface area contributed by atoms with E-state index in [2.05, 4.69) is 43.3 Å². The maximum absolute atomic E-state index is 4.38. The molecule has 0 aromatic carbocycles. The van der Waals surface area contributed by atoms with Crippen molar-refractivity contribution >= 4 is 5.52 Å². The Morgan fingerprint density at radius 3 is 2.69 bits per heavy atom. The maximum Gasteiger partial charge on any atom is 0.0709 e. The Hall–Kier alpha value is -1.35. The number of nitrogens with zero attached hydrogens (tertiary/aromatic N) is 2. The van der Waals surface area contributed by atoms with Gasteiger partial charge in [0.25, 0.3) is 0 Å². The van der Waals surface area contributed by atoms with E-state index >= 15 is 0 Å². The molecule has 0 spiro atoms. The molecule has 0 aliphatic rings. The predicted molar refractivity (Wildman–Crippen MR) is 66.4 cm³/mol. The van der Waals surface area contributed by atoms with E-state index < -0.39 is 0 Å². The Morgan fingerprint density at radius 1 is 1.31 bits per heavy atom. The van der Waals surface area contributed by atoms with E-state index in [1.54, 1.807) is 0 Å². The minimum atomic E-state index is 0.175. The fourth-order valence-corrected chi connectivity index (χ4v) is 2.23. The van der Waals surface area contributed by atoms with Crippen LogP contribution in [0, 0.1) is 5.41 Å². The predicted octanol–water partition coefficient (Wildman–Crippen LogP) is 2.64. The van der Waals surface area contributed by atoms with Gasteiger partial charge in [-0.25, -0.2) is 4.52 Å². The number of hydrogen-bond donors (Lipinski definition) is 1. The highest BCUT2D eigenvalue weighted by Crippen LogP contribution is 2.34. The summed E-state index contributed by atoms with van der Waals surface area (Å²) in [5.41, 5.74) is 2.61. The van der Waals surface area contributed by atoms with Crippen LogP contribution in [0.1, 0.15) is 32.4 Å². The van der Waals surface area contributed by atoms with E-state index in [4.69, 9.17) is 0 Å². The van der Waals surface area contributed by atoms with Gasteiger partial charge in [0.05, 0.1) is 11.7 Å². The summed E-state index contributed by atoms with van der Waals surface area (Å²) < 4.78 is 1.92. The number of aromatic nitrogens is 2. The quantitative estimate of drug-likeness (QED) is 0.838. The van der Waals surface area contributed by atoms with Gasteiger partial charge >= 0.3 is 0 Å². The van der Waals surface area contributed by atoms with Crippen LogP contribution in [0.25, 0.3) is 5.52 Å². The van der Waals surface area contributed by atoms with E-state index in [-0.39, 0.29) is 5.41 Å². The summed E-state index contributed by atoms with van der Waals surface area (Å²) in [6, 6.07) is 6.47. The number of nitrogens with one attached hydrogen (secondary N) is 1. The molecule has 3 heteroatoms. The van der Waals surface area contributed by atoms with Crippen LogP contribution < -0.4 is 5.32 Å². The molecule has 0 aliphatic carbocycles. The van der Waals surface area contributed by atoms with Gasteiger partial charge in [0.1, 0.15) is 0 Å². The second-order valence-corrected chi connectivity index (χ2v) is 5.22. The monoisotopic (exact) mass is 217 g/mol. The first-order chi connectivity index (χ1) is 7.54. The number of pyridine rings is 1. The molecule has 86 valence electrons. The molecule has 2 aromatic heterocycles. The van der Waals surface area contributed by atoms with Gasteiger partial charge in [0, 0.05) is 17.8 Å². The van der Waals surface area contributed by atoms with Crippen molar-refractivity contribution < 1.29 is 0 Å². The molecular formula is C13H19N3. The number of hydrogen-bond acceptors (Lipinski definition) is 2. The number of fused-ring (bicyclic) bond motifs is 1. The number of rotatable bonds is 2. The van der Waals surface area contributed by atoms with Gasteiger partial charge in [-0.05, 0) is 24.6 Å². The van der Waals surface area contributed by atoms with Gasteiger partial charge in [-0.1, -0.05) is 26.8 Å². The van der Waals surface area contributed by atoms with Gasteiger partial charge in [-0.2, -0.15) is 5.10 Å². The van der Waals surface area contributed by atoms with Crippen molar-refractivity contribution in [1.82, 2.24) is 14.9 Å². The summed E-state index contributed by atoms with van der Waals surface area (Å²) in [6.45, 7) is 6.71. The smallest absolute Gasteiger partial charge is 0.0709 e. The Bertz CT molecular complexity index is 479. The lowest BCUT2D eigenvalue weighted by Crippen LogP contribution is -2.29. The lowest BCUT2D eigenvalue weighted by atomic mass is 9.83. The summed E-state index contributed by atoms with van der Waals surface area (Å²) in [7, 11) is 2.00. The fourth-order valence-electron chi connectivity index (χ4n) is 2.23. The standard InChI is InChI=1S/C13H19N3/c1-13(2,3)12(14-4)10-9-15-16-8-6-5-7-11(10)16/h5-9,12,14H,1-4H3. The molecule has 0 aliphatic heterocycles. The Kier molecular flexibility index (Phi) is 2.72. The van der Waals surface area contributed by atoms with Crippen LogP contribution in [0.5, 0.6) is 0 Å². The molecule has 16 heavy (non-hydrogen) atoms. The van der Waals surface area contributed by atoms with Gasteiger partial charge in [-0.3, -0.25) is 0 Å². The average Bonchev–Trinajstić information content (AvgIpc) is 2.61. The minimum Gasteiger partial charge on any atom is -0.312 e. The van der Waals surface area contributed by atoms with Crippen LogP contribution >= 0.6 is 0 Å². The van der Waals surface area contributed by atoms with Crippen LogP contribution in [0.15, 0.2) is 30.6 Å². The van der Waals surface area contributed by atoms with Crippen molar-refractivity contribution in [2.24, 2.45) is 5.41 Å². The molecule has 2 rings (SSSR count). The third kappa shape index (κ3) is 1.83. The highest BCUT2D eigenvalue weighted by molar-refractivity contribution is 5.55. The second-order valence-electron chi connectivity index (χ2n) is 5.22. The molecule has 0 radical (unpaired) electrons. The Morgan fingerprint density at radius 2 is 2.06 bits per heavy atom. The molecule has 0 saturated carbocycles. The first kappa shape index (κ1) is 11.1. The summed E-state index contributed by atoms with van der Waals surface area (Å²) in [6.07, 6.45) is 3.94. The molecule has 2 heterocycles. The topological polar surface area (TPSA) is 29.3 Å². The normalized spacial score (nSPS) is 14.2. The summed E-state index contributed by atoms with van der Waals surface area (Å²) in [5, 5.41) is 7.76. The second kappa shape index (κ2) is 3.91. The summed E-state index contributed by atoms with van der Waals surface area (Å²) in [4.78, 5) is 0. The molecule has 1 N–H and O–H groups in total. The van der Waals surface area contributed by atoms with E-state index in [0.29, 0.717) is 6.04 Å². The van der Waals surface area contributed by atoms with Gasteiger partial charge in [0.15, 0.2) is 0 Å². The van der Waals surface area contributed by atoms with Crippen molar-refractivity contribution in [2.45, 2.75) is 26.8 Å². The third-order valence-corrected chi connectivity index (χ3v) is 2.92. The Balaban J connectivity index is 2.54. The lowest BCUT2D eigenvalue weighted by molar-refractivity contribution is 0.288. The average molecular weight is 217 g/mol.